The van der Waals surface area contributed by atoms with E-state index in [-0.39, 0.29) is 5.75 Å². The standard InChI is InChI=1S/C12H16F2N2O/c1-17-12-3-10(13)9(2-11(12)14)7-16-6-8-4-15-5-8/h2-3,8,15-16H,4-7H2,1H3. The first-order valence-electron chi connectivity index (χ1n) is 5.64. The van der Waals surface area contributed by atoms with Gasteiger partial charge in [-0.05, 0) is 12.0 Å². The van der Waals surface area contributed by atoms with Gasteiger partial charge in [0.1, 0.15) is 5.82 Å². The van der Waals surface area contributed by atoms with E-state index in [1.165, 1.54) is 13.2 Å². The molecule has 1 aliphatic rings. The minimum absolute atomic E-state index is 0.0607. The van der Waals surface area contributed by atoms with Crippen LogP contribution in [0.2, 0.25) is 0 Å². The highest BCUT2D eigenvalue weighted by atomic mass is 19.1. The fourth-order valence-corrected chi connectivity index (χ4v) is 1.77. The van der Waals surface area contributed by atoms with E-state index in [9.17, 15) is 8.78 Å². The molecule has 0 amide bonds. The lowest BCUT2D eigenvalue weighted by Gasteiger charge is -2.27. The van der Waals surface area contributed by atoms with Crippen molar-refractivity contribution in [2.45, 2.75) is 6.54 Å². The van der Waals surface area contributed by atoms with Gasteiger partial charge in [0, 0.05) is 37.8 Å². The lowest BCUT2D eigenvalue weighted by molar-refractivity contribution is 0.330. The molecule has 0 atom stereocenters. The first-order valence-corrected chi connectivity index (χ1v) is 5.64. The Morgan fingerprint density at radius 3 is 2.71 bits per heavy atom. The quantitative estimate of drug-likeness (QED) is 0.816. The molecule has 0 aliphatic carbocycles. The van der Waals surface area contributed by atoms with Crippen LogP contribution < -0.4 is 15.4 Å². The molecule has 3 nitrogen and oxygen atoms in total. The molecule has 1 heterocycles. The van der Waals surface area contributed by atoms with E-state index in [0.29, 0.717) is 18.0 Å². The largest absolute Gasteiger partial charge is 0.494 e. The van der Waals surface area contributed by atoms with Gasteiger partial charge in [-0.15, -0.1) is 0 Å². The van der Waals surface area contributed by atoms with E-state index in [4.69, 9.17) is 4.74 Å². The normalized spacial score (nSPS) is 15.7. The average Bonchev–Trinajstić information content (AvgIpc) is 2.25. The topological polar surface area (TPSA) is 33.3 Å². The van der Waals surface area contributed by atoms with Crippen LogP contribution in [-0.4, -0.2) is 26.7 Å². The summed E-state index contributed by atoms with van der Waals surface area (Å²) in [6.07, 6.45) is 0. The Hall–Kier alpha value is -1.20. The number of hydrogen-bond donors (Lipinski definition) is 2. The van der Waals surface area contributed by atoms with Crippen LogP contribution in [0.5, 0.6) is 5.75 Å². The first-order chi connectivity index (χ1) is 8.20. The van der Waals surface area contributed by atoms with Crippen molar-refractivity contribution in [3.8, 4) is 5.75 Å². The van der Waals surface area contributed by atoms with Crippen LogP contribution in [0.3, 0.4) is 0 Å². The summed E-state index contributed by atoms with van der Waals surface area (Å²) in [6.45, 7) is 3.14. The zero-order chi connectivity index (χ0) is 12.3. The first kappa shape index (κ1) is 12.3. The van der Waals surface area contributed by atoms with Crippen molar-refractivity contribution in [1.82, 2.24) is 10.6 Å². The third-order valence-electron chi connectivity index (χ3n) is 2.94. The molecular weight excluding hydrogens is 226 g/mol. The molecule has 0 spiro atoms. The zero-order valence-corrected chi connectivity index (χ0v) is 9.72. The highest BCUT2D eigenvalue weighted by Gasteiger charge is 2.16. The fourth-order valence-electron chi connectivity index (χ4n) is 1.77. The van der Waals surface area contributed by atoms with Crippen LogP contribution in [0, 0.1) is 17.6 Å². The summed E-state index contributed by atoms with van der Waals surface area (Å²) in [5.74, 6) is -0.436. The van der Waals surface area contributed by atoms with Gasteiger partial charge in [-0.2, -0.15) is 0 Å². The van der Waals surface area contributed by atoms with Gasteiger partial charge in [-0.1, -0.05) is 0 Å². The van der Waals surface area contributed by atoms with Gasteiger partial charge in [0.25, 0.3) is 0 Å². The summed E-state index contributed by atoms with van der Waals surface area (Å²) in [4.78, 5) is 0. The van der Waals surface area contributed by atoms with Crippen LogP contribution >= 0.6 is 0 Å². The number of halogens is 2. The molecule has 5 heteroatoms. The van der Waals surface area contributed by atoms with Gasteiger partial charge in [0.15, 0.2) is 11.6 Å². The Morgan fingerprint density at radius 2 is 2.12 bits per heavy atom. The van der Waals surface area contributed by atoms with Crippen LogP contribution in [0.1, 0.15) is 5.56 Å². The number of ether oxygens (including phenoxy) is 1. The van der Waals surface area contributed by atoms with E-state index in [2.05, 4.69) is 10.6 Å². The van der Waals surface area contributed by atoms with Crippen LogP contribution in [0.4, 0.5) is 8.78 Å². The van der Waals surface area contributed by atoms with Crippen LogP contribution in [-0.2, 0) is 6.54 Å². The van der Waals surface area contributed by atoms with E-state index < -0.39 is 11.6 Å². The van der Waals surface area contributed by atoms with Crippen molar-refractivity contribution in [2.75, 3.05) is 26.7 Å². The average molecular weight is 242 g/mol. The van der Waals surface area contributed by atoms with Crippen LogP contribution in [0.15, 0.2) is 12.1 Å². The predicted molar refractivity (Wildman–Crippen MR) is 61.0 cm³/mol. The van der Waals surface area contributed by atoms with Gasteiger partial charge >= 0.3 is 0 Å². The lowest BCUT2D eigenvalue weighted by atomic mass is 10.0. The van der Waals surface area contributed by atoms with Crippen molar-refractivity contribution >= 4 is 0 Å². The third-order valence-corrected chi connectivity index (χ3v) is 2.94. The van der Waals surface area contributed by atoms with Gasteiger partial charge in [0.05, 0.1) is 7.11 Å². The van der Waals surface area contributed by atoms with Gasteiger partial charge in [-0.25, -0.2) is 8.78 Å². The minimum atomic E-state index is -0.531. The molecule has 1 saturated heterocycles. The Balaban J connectivity index is 1.92. The summed E-state index contributed by atoms with van der Waals surface area (Å²) in [5, 5.41) is 6.28. The molecular formula is C12H16F2N2O. The SMILES string of the molecule is COc1cc(F)c(CNCC2CNC2)cc1F. The molecule has 1 aliphatic heterocycles. The Kier molecular flexibility index (Phi) is 3.91. The third kappa shape index (κ3) is 2.92. The van der Waals surface area contributed by atoms with Gasteiger partial charge < -0.3 is 15.4 Å². The predicted octanol–water partition coefficient (Wildman–Crippen LogP) is 1.28. The van der Waals surface area contributed by atoms with E-state index >= 15 is 0 Å². The molecule has 0 unspecified atom stereocenters. The second-order valence-electron chi connectivity index (χ2n) is 4.23. The number of nitrogens with one attached hydrogen (secondary N) is 2. The van der Waals surface area contributed by atoms with E-state index in [1.54, 1.807) is 0 Å². The zero-order valence-electron chi connectivity index (χ0n) is 9.72. The number of hydrogen-bond acceptors (Lipinski definition) is 3. The molecule has 1 fully saturated rings. The van der Waals surface area contributed by atoms with Crippen molar-refractivity contribution in [3.05, 3.63) is 29.3 Å². The molecule has 1 aromatic rings. The monoisotopic (exact) mass is 242 g/mol. The fraction of sp³-hybridized carbons (Fsp3) is 0.500. The molecule has 0 radical (unpaired) electrons. The number of rotatable bonds is 5. The van der Waals surface area contributed by atoms with Gasteiger partial charge in [0.2, 0.25) is 0 Å². The summed E-state index contributed by atoms with van der Waals surface area (Å²) >= 11 is 0. The number of methoxy groups -OCH3 is 1. The Bertz CT molecular complexity index is 394. The molecule has 0 aromatic heterocycles. The minimum Gasteiger partial charge on any atom is -0.494 e. The molecule has 2 N–H and O–H groups in total. The summed E-state index contributed by atoms with van der Waals surface area (Å²) in [7, 11) is 1.32. The maximum absolute atomic E-state index is 13.5. The van der Waals surface area contributed by atoms with Gasteiger partial charge in [-0.3, -0.25) is 0 Å². The van der Waals surface area contributed by atoms with Crippen molar-refractivity contribution in [2.24, 2.45) is 5.92 Å². The summed E-state index contributed by atoms with van der Waals surface area (Å²) in [6, 6.07) is 2.26. The number of benzene rings is 1. The molecule has 2 rings (SSSR count). The second kappa shape index (κ2) is 5.42. The molecule has 0 bridgehead atoms. The Labute approximate surface area is 99.2 Å². The summed E-state index contributed by atoms with van der Waals surface area (Å²) in [5.41, 5.74) is 0.329. The Morgan fingerprint density at radius 1 is 1.35 bits per heavy atom. The smallest absolute Gasteiger partial charge is 0.165 e. The molecule has 1 aromatic carbocycles. The second-order valence-corrected chi connectivity index (χ2v) is 4.23. The van der Waals surface area contributed by atoms with E-state index in [0.717, 1.165) is 25.7 Å². The van der Waals surface area contributed by atoms with Crippen LogP contribution in [0.25, 0.3) is 0 Å². The van der Waals surface area contributed by atoms with Crippen molar-refractivity contribution in [3.63, 3.8) is 0 Å². The molecule has 17 heavy (non-hydrogen) atoms. The summed E-state index contributed by atoms with van der Waals surface area (Å²) < 4.78 is 31.6. The van der Waals surface area contributed by atoms with Crippen molar-refractivity contribution < 1.29 is 13.5 Å². The molecule has 0 saturated carbocycles. The maximum Gasteiger partial charge on any atom is 0.165 e. The lowest BCUT2D eigenvalue weighted by Crippen LogP contribution is -2.47. The van der Waals surface area contributed by atoms with E-state index in [1.807, 2.05) is 0 Å². The van der Waals surface area contributed by atoms with Crippen molar-refractivity contribution in [1.29, 1.82) is 0 Å². The highest BCUT2D eigenvalue weighted by molar-refractivity contribution is 5.30. The molecule has 94 valence electrons. The highest BCUT2D eigenvalue weighted by Crippen LogP contribution is 2.21. The maximum atomic E-state index is 13.5.